The molecule has 0 unspecified atom stereocenters. The fraction of sp³-hybridized carbons (Fsp3) is 0.350. The van der Waals surface area contributed by atoms with Crippen LogP contribution in [0.5, 0.6) is 5.75 Å². The number of aryl methyl sites for hydroxylation is 1. The maximum absolute atomic E-state index is 12.4. The van der Waals surface area contributed by atoms with Gasteiger partial charge in [-0.15, -0.1) is 11.3 Å². The van der Waals surface area contributed by atoms with E-state index >= 15 is 0 Å². The molecule has 0 fully saturated rings. The van der Waals surface area contributed by atoms with Crippen molar-refractivity contribution in [2.24, 2.45) is 0 Å². The van der Waals surface area contributed by atoms with E-state index in [9.17, 15) is 23.2 Å². The van der Waals surface area contributed by atoms with Crippen LogP contribution in [0.1, 0.15) is 45.8 Å². The van der Waals surface area contributed by atoms with Crippen LogP contribution in [0.4, 0.5) is 8.78 Å². The molecule has 1 N–H and O–H groups in total. The molecule has 1 aromatic heterocycles. The van der Waals surface area contributed by atoms with Crippen LogP contribution in [0.2, 0.25) is 0 Å². The first-order chi connectivity index (χ1) is 13.3. The molecule has 28 heavy (non-hydrogen) atoms. The Morgan fingerprint density at radius 2 is 1.75 bits per heavy atom. The highest BCUT2D eigenvalue weighted by Gasteiger charge is 2.13. The number of carbonyl (C=O) groups excluding carboxylic acids is 3. The summed E-state index contributed by atoms with van der Waals surface area (Å²) in [7, 11) is 0. The van der Waals surface area contributed by atoms with E-state index in [0.29, 0.717) is 10.4 Å². The number of halogens is 2. The molecule has 2 aromatic rings. The molecule has 0 bridgehead atoms. The summed E-state index contributed by atoms with van der Waals surface area (Å²) in [6.45, 7) is -1.02. The highest BCUT2D eigenvalue weighted by molar-refractivity contribution is 7.14. The number of para-hydroxylation sites is 1. The fourth-order valence-electron chi connectivity index (χ4n) is 2.48. The van der Waals surface area contributed by atoms with E-state index in [2.05, 4.69) is 10.1 Å². The van der Waals surface area contributed by atoms with E-state index in [1.54, 1.807) is 24.3 Å². The first kappa shape index (κ1) is 21.7. The molecule has 1 aromatic carbocycles. The summed E-state index contributed by atoms with van der Waals surface area (Å²) in [5.41, 5.74) is 0.416. The van der Waals surface area contributed by atoms with Crippen LogP contribution in [-0.4, -0.2) is 24.1 Å². The van der Waals surface area contributed by atoms with Crippen molar-refractivity contribution in [3.8, 4) is 5.75 Å². The van der Waals surface area contributed by atoms with Gasteiger partial charge in [0.15, 0.2) is 5.78 Å². The van der Waals surface area contributed by atoms with E-state index in [-0.39, 0.29) is 55.5 Å². The topological polar surface area (TPSA) is 72.5 Å². The molecular weight excluding hydrogens is 388 g/mol. The SMILES string of the molecule is Cc1ccc(C(=O)CCC(=O)CCC(=O)NCc2ccccc2OC(F)F)s1. The van der Waals surface area contributed by atoms with Crippen molar-refractivity contribution in [2.75, 3.05) is 0 Å². The zero-order chi connectivity index (χ0) is 20.5. The summed E-state index contributed by atoms with van der Waals surface area (Å²) in [4.78, 5) is 37.5. The van der Waals surface area contributed by atoms with Gasteiger partial charge in [0.2, 0.25) is 5.91 Å². The molecule has 150 valence electrons. The van der Waals surface area contributed by atoms with Gasteiger partial charge >= 0.3 is 6.61 Å². The number of Topliss-reactive ketones (excluding diaryl/α,β-unsaturated/α-hetero) is 2. The minimum Gasteiger partial charge on any atom is -0.434 e. The van der Waals surface area contributed by atoms with Crippen LogP contribution in [0.15, 0.2) is 36.4 Å². The van der Waals surface area contributed by atoms with Crippen molar-refractivity contribution in [1.82, 2.24) is 5.32 Å². The Morgan fingerprint density at radius 3 is 2.43 bits per heavy atom. The van der Waals surface area contributed by atoms with Gasteiger partial charge in [-0.25, -0.2) is 0 Å². The molecular formula is C20H21F2NO4S. The minimum atomic E-state index is -2.95. The molecule has 1 amide bonds. The summed E-state index contributed by atoms with van der Waals surface area (Å²) in [6, 6.07) is 9.77. The third-order valence-electron chi connectivity index (χ3n) is 3.94. The quantitative estimate of drug-likeness (QED) is 0.562. The first-order valence-corrected chi connectivity index (χ1v) is 9.57. The summed E-state index contributed by atoms with van der Waals surface area (Å²) in [5, 5.41) is 2.58. The maximum atomic E-state index is 12.4. The second-order valence-corrected chi connectivity index (χ2v) is 7.42. The van der Waals surface area contributed by atoms with Gasteiger partial charge < -0.3 is 10.1 Å². The smallest absolute Gasteiger partial charge is 0.387 e. The average molecular weight is 409 g/mol. The number of hydrogen-bond acceptors (Lipinski definition) is 5. The Kier molecular flexibility index (Phi) is 8.25. The normalized spacial score (nSPS) is 10.7. The van der Waals surface area contributed by atoms with Gasteiger partial charge in [-0.05, 0) is 25.1 Å². The Morgan fingerprint density at radius 1 is 1.04 bits per heavy atom. The number of rotatable bonds is 11. The lowest BCUT2D eigenvalue weighted by Crippen LogP contribution is -2.23. The highest BCUT2D eigenvalue weighted by atomic mass is 32.1. The largest absolute Gasteiger partial charge is 0.434 e. The van der Waals surface area contributed by atoms with E-state index in [0.717, 1.165) is 4.88 Å². The van der Waals surface area contributed by atoms with Gasteiger partial charge in [0.1, 0.15) is 11.5 Å². The number of ketones is 2. The lowest BCUT2D eigenvalue weighted by atomic mass is 10.1. The van der Waals surface area contributed by atoms with Crippen LogP contribution in [0.25, 0.3) is 0 Å². The standard InChI is InChI=1S/C20H21F2NO4S/c1-13-6-10-18(28-13)16(25)9-7-15(24)8-11-19(26)23-12-14-4-2-3-5-17(14)27-20(21)22/h2-6,10,20H,7-9,11-12H2,1H3,(H,23,26). The summed E-state index contributed by atoms with van der Waals surface area (Å²) < 4.78 is 29.2. The van der Waals surface area contributed by atoms with E-state index < -0.39 is 6.61 Å². The monoisotopic (exact) mass is 409 g/mol. The molecule has 1 heterocycles. The lowest BCUT2D eigenvalue weighted by molar-refractivity contribution is -0.125. The average Bonchev–Trinajstić information content (AvgIpc) is 3.09. The van der Waals surface area contributed by atoms with Gasteiger partial charge in [0.25, 0.3) is 0 Å². The number of carbonyl (C=O) groups is 3. The third-order valence-corrected chi connectivity index (χ3v) is 4.98. The second-order valence-electron chi connectivity index (χ2n) is 6.14. The third kappa shape index (κ3) is 7.19. The van der Waals surface area contributed by atoms with Gasteiger partial charge in [0.05, 0.1) is 4.88 Å². The molecule has 0 radical (unpaired) electrons. The molecule has 0 spiro atoms. The fourth-order valence-corrected chi connectivity index (χ4v) is 3.32. The van der Waals surface area contributed by atoms with Crippen molar-refractivity contribution in [2.45, 2.75) is 45.8 Å². The second kappa shape index (κ2) is 10.7. The number of alkyl halides is 2. The predicted molar refractivity (Wildman–Crippen MR) is 102 cm³/mol. The summed E-state index contributed by atoms with van der Waals surface area (Å²) >= 11 is 1.39. The highest BCUT2D eigenvalue weighted by Crippen LogP contribution is 2.20. The number of benzene rings is 1. The predicted octanol–water partition coefficient (Wildman–Crippen LogP) is 4.29. The van der Waals surface area contributed by atoms with Crippen LogP contribution in [0, 0.1) is 6.92 Å². The number of thiophene rings is 1. The lowest BCUT2D eigenvalue weighted by Gasteiger charge is -2.11. The van der Waals surface area contributed by atoms with Crippen LogP contribution < -0.4 is 10.1 Å². The summed E-state index contributed by atoms with van der Waals surface area (Å²) in [5.74, 6) is -0.624. The molecule has 0 aliphatic heterocycles. The molecule has 8 heteroatoms. The van der Waals surface area contributed by atoms with Crippen molar-refractivity contribution < 1.29 is 27.9 Å². The first-order valence-electron chi connectivity index (χ1n) is 8.76. The van der Waals surface area contributed by atoms with Crippen LogP contribution in [-0.2, 0) is 16.1 Å². The van der Waals surface area contributed by atoms with Crippen molar-refractivity contribution in [1.29, 1.82) is 0 Å². The molecule has 0 saturated carbocycles. The molecule has 5 nitrogen and oxygen atoms in total. The van der Waals surface area contributed by atoms with E-state index in [1.807, 2.05) is 13.0 Å². The minimum absolute atomic E-state index is 0.00352. The van der Waals surface area contributed by atoms with Crippen LogP contribution in [0.3, 0.4) is 0 Å². The zero-order valence-electron chi connectivity index (χ0n) is 15.4. The van der Waals surface area contributed by atoms with Crippen molar-refractivity contribution in [3.63, 3.8) is 0 Å². The number of ether oxygens (including phenoxy) is 1. The Bertz CT molecular complexity index is 835. The number of hydrogen-bond donors (Lipinski definition) is 1. The van der Waals surface area contributed by atoms with Crippen LogP contribution >= 0.6 is 11.3 Å². The van der Waals surface area contributed by atoms with Gasteiger partial charge in [-0.2, -0.15) is 8.78 Å². The molecule has 0 aliphatic carbocycles. The molecule has 0 saturated heterocycles. The molecule has 2 rings (SSSR count). The van der Waals surface area contributed by atoms with Gasteiger partial charge in [-0.1, -0.05) is 18.2 Å². The molecule has 0 atom stereocenters. The zero-order valence-corrected chi connectivity index (χ0v) is 16.2. The van der Waals surface area contributed by atoms with E-state index in [4.69, 9.17) is 0 Å². The number of amides is 1. The number of nitrogens with one attached hydrogen (secondary N) is 1. The molecule has 0 aliphatic rings. The van der Waals surface area contributed by atoms with Gasteiger partial charge in [0, 0.05) is 42.7 Å². The van der Waals surface area contributed by atoms with E-state index in [1.165, 1.54) is 17.4 Å². The maximum Gasteiger partial charge on any atom is 0.387 e. The van der Waals surface area contributed by atoms with Gasteiger partial charge in [-0.3, -0.25) is 14.4 Å². The van der Waals surface area contributed by atoms with Crippen molar-refractivity contribution >= 4 is 28.8 Å². The summed E-state index contributed by atoms with van der Waals surface area (Å²) in [6.07, 6.45) is 0.216. The Hall–Kier alpha value is -2.61. The Balaban J connectivity index is 1.71. The van der Waals surface area contributed by atoms with Crippen molar-refractivity contribution in [3.05, 3.63) is 51.7 Å². The Labute approximate surface area is 165 Å².